The molecule has 1 aromatic carbocycles. The predicted molar refractivity (Wildman–Crippen MR) is 91.5 cm³/mol. The van der Waals surface area contributed by atoms with Gasteiger partial charge in [-0.2, -0.15) is 0 Å². The number of benzene rings is 1. The van der Waals surface area contributed by atoms with Crippen molar-refractivity contribution in [3.63, 3.8) is 0 Å². The topological polar surface area (TPSA) is 88.7 Å². The summed E-state index contributed by atoms with van der Waals surface area (Å²) in [5, 5.41) is 30.2. The molecule has 5 rings (SSSR count). The van der Waals surface area contributed by atoms with Gasteiger partial charge in [-0.15, -0.1) is 5.11 Å². The number of fused-ring (bicyclic) bond motifs is 1. The summed E-state index contributed by atoms with van der Waals surface area (Å²) in [4.78, 5) is 13.0. The molecule has 1 saturated carbocycles. The van der Waals surface area contributed by atoms with Crippen LogP contribution in [0.2, 0.25) is 0 Å². The van der Waals surface area contributed by atoms with Crippen LogP contribution < -0.4 is 0 Å². The third-order valence-corrected chi connectivity index (χ3v) is 5.98. The van der Waals surface area contributed by atoms with Crippen molar-refractivity contribution in [1.82, 2.24) is 9.91 Å². The minimum absolute atomic E-state index is 0.0559. The van der Waals surface area contributed by atoms with E-state index in [-0.39, 0.29) is 17.2 Å². The molecule has 8 heteroatoms. The lowest BCUT2D eigenvalue weighted by molar-refractivity contribution is 0.0499. The zero-order valence-electron chi connectivity index (χ0n) is 14.7. The molecule has 3 saturated heterocycles. The molecular formula is C18H23FN4O3. The van der Waals surface area contributed by atoms with Gasteiger partial charge < -0.3 is 10.2 Å². The van der Waals surface area contributed by atoms with E-state index < -0.39 is 29.6 Å². The zero-order valence-corrected chi connectivity index (χ0v) is 14.7. The summed E-state index contributed by atoms with van der Waals surface area (Å²) in [7, 11) is 0. The molecule has 0 aromatic heterocycles. The Morgan fingerprint density at radius 1 is 1.35 bits per heavy atom. The van der Waals surface area contributed by atoms with Gasteiger partial charge in [0.2, 0.25) is 0 Å². The highest BCUT2D eigenvalue weighted by Gasteiger charge is 2.63. The van der Waals surface area contributed by atoms with E-state index in [1.54, 1.807) is 11.1 Å². The van der Waals surface area contributed by atoms with E-state index in [9.17, 15) is 19.4 Å². The molecule has 0 spiro atoms. The Morgan fingerprint density at radius 2 is 2.04 bits per heavy atom. The Hall–Kier alpha value is -2.22. The third-order valence-electron chi connectivity index (χ3n) is 5.98. The lowest BCUT2D eigenvalue weighted by Gasteiger charge is -2.37. The van der Waals surface area contributed by atoms with E-state index in [1.165, 1.54) is 17.0 Å². The van der Waals surface area contributed by atoms with Crippen LogP contribution in [0.15, 0.2) is 28.5 Å². The number of hydrogen-bond acceptors (Lipinski definition) is 4. The van der Waals surface area contributed by atoms with Gasteiger partial charge in [-0.25, -0.2) is 9.18 Å². The van der Waals surface area contributed by atoms with Gasteiger partial charge in [-0.3, -0.25) is 9.91 Å². The fourth-order valence-corrected chi connectivity index (χ4v) is 4.76. The van der Waals surface area contributed by atoms with Crippen LogP contribution in [0.5, 0.6) is 0 Å². The van der Waals surface area contributed by atoms with Crippen LogP contribution in [0.25, 0.3) is 0 Å². The van der Waals surface area contributed by atoms with Gasteiger partial charge in [0, 0.05) is 24.2 Å². The van der Waals surface area contributed by atoms with Gasteiger partial charge in [-0.1, -0.05) is 17.4 Å². The van der Waals surface area contributed by atoms with Gasteiger partial charge in [0.25, 0.3) is 0 Å². The molecule has 1 unspecified atom stereocenters. The molecule has 2 atom stereocenters. The van der Waals surface area contributed by atoms with E-state index >= 15 is 0 Å². The van der Waals surface area contributed by atoms with Crippen LogP contribution in [-0.2, 0) is 0 Å². The fourth-order valence-electron chi connectivity index (χ4n) is 4.76. The van der Waals surface area contributed by atoms with Crippen molar-refractivity contribution in [2.45, 2.75) is 50.3 Å². The minimum Gasteiger partial charge on any atom is -0.465 e. The molecule has 3 heterocycles. The maximum atomic E-state index is 14.9. The fraction of sp³-hybridized carbons (Fsp3) is 0.611. The number of nitrogens with zero attached hydrogens (tertiary/aromatic N) is 4. The summed E-state index contributed by atoms with van der Waals surface area (Å²) < 4.78 is 14.9. The predicted octanol–water partition coefficient (Wildman–Crippen LogP) is 3.48. The van der Waals surface area contributed by atoms with Crippen molar-refractivity contribution < 1.29 is 19.4 Å². The monoisotopic (exact) mass is 362 g/mol. The van der Waals surface area contributed by atoms with Gasteiger partial charge >= 0.3 is 6.09 Å². The van der Waals surface area contributed by atoms with Gasteiger partial charge in [0.1, 0.15) is 11.8 Å². The van der Waals surface area contributed by atoms with Crippen LogP contribution in [0, 0.1) is 11.7 Å². The quantitative estimate of drug-likeness (QED) is 0.803. The number of halogens is 1. The molecule has 4 aliphatic rings. The van der Waals surface area contributed by atoms with Crippen molar-refractivity contribution in [2.24, 2.45) is 16.3 Å². The van der Waals surface area contributed by atoms with Gasteiger partial charge in [0.15, 0.2) is 5.82 Å². The first kappa shape index (κ1) is 17.2. The third kappa shape index (κ3) is 2.63. The lowest BCUT2D eigenvalue weighted by atomic mass is 9.72. The van der Waals surface area contributed by atoms with E-state index in [0.29, 0.717) is 12.8 Å². The highest BCUT2D eigenvalue weighted by molar-refractivity contribution is 5.68. The molecule has 1 amide bonds. The summed E-state index contributed by atoms with van der Waals surface area (Å²) in [6.07, 6.45) is 1.22. The second kappa shape index (κ2) is 6.19. The molecule has 2 bridgehead atoms. The summed E-state index contributed by atoms with van der Waals surface area (Å²) in [6, 6.07) is 3.99. The lowest BCUT2D eigenvalue weighted by Crippen LogP contribution is -2.47. The van der Waals surface area contributed by atoms with Gasteiger partial charge in [0.05, 0.1) is 6.04 Å². The first-order chi connectivity index (χ1) is 12.4. The van der Waals surface area contributed by atoms with E-state index in [2.05, 4.69) is 10.3 Å². The van der Waals surface area contributed by atoms with Crippen molar-refractivity contribution >= 4 is 11.8 Å². The molecule has 4 fully saturated rings. The van der Waals surface area contributed by atoms with Crippen molar-refractivity contribution in [2.75, 3.05) is 13.1 Å². The van der Waals surface area contributed by atoms with E-state index in [1.807, 2.05) is 6.92 Å². The SMILES string of the molecule is CC12CC(C1)[C@H](C(O)c1cccc(N=NN3CCCC3)c1F)N2C(=O)O. The standard InChI is InChI=1S/C18H23FN4O3/c1-18-9-11(10-18)15(23(18)17(25)26)16(24)12-5-4-6-13(14(12)19)20-21-22-7-2-3-8-22/h4-6,11,15-16,24H,2-3,7-10H2,1H3,(H,25,26)/t11?,15-,16?,18?/m1/s1. The number of carbonyl (C=O) groups is 1. The van der Waals surface area contributed by atoms with E-state index in [4.69, 9.17) is 0 Å². The number of aliphatic hydroxyl groups excluding tert-OH is 1. The molecule has 140 valence electrons. The highest BCUT2D eigenvalue weighted by atomic mass is 19.1. The van der Waals surface area contributed by atoms with Crippen LogP contribution in [0.4, 0.5) is 14.9 Å². The number of rotatable bonds is 4. The Kier molecular flexibility index (Phi) is 4.10. The second-order valence-electron chi connectivity index (χ2n) is 7.78. The van der Waals surface area contributed by atoms with Crippen LogP contribution in [0.1, 0.15) is 44.3 Å². The first-order valence-electron chi connectivity index (χ1n) is 9.06. The maximum Gasteiger partial charge on any atom is 0.408 e. The molecule has 3 aliphatic heterocycles. The Balaban J connectivity index is 1.59. The van der Waals surface area contributed by atoms with Crippen LogP contribution in [-0.4, -0.2) is 50.9 Å². The average Bonchev–Trinajstić information content (AvgIpc) is 3.25. The average molecular weight is 362 g/mol. The molecular weight excluding hydrogens is 339 g/mol. The van der Waals surface area contributed by atoms with Crippen LogP contribution >= 0.6 is 0 Å². The number of hydrogen-bond donors (Lipinski definition) is 2. The summed E-state index contributed by atoms with van der Waals surface area (Å²) in [5.41, 5.74) is -0.312. The minimum atomic E-state index is -1.22. The Bertz CT molecular complexity index is 744. The number of aliphatic hydroxyl groups is 1. The summed E-state index contributed by atoms with van der Waals surface area (Å²) >= 11 is 0. The molecule has 2 N–H and O–H groups in total. The van der Waals surface area contributed by atoms with E-state index in [0.717, 1.165) is 25.9 Å². The maximum absolute atomic E-state index is 14.9. The van der Waals surface area contributed by atoms with Crippen molar-refractivity contribution in [1.29, 1.82) is 0 Å². The molecule has 1 aromatic rings. The Labute approximate surface area is 151 Å². The van der Waals surface area contributed by atoms with Crippen LogP contribution in [0.3, 0.4) is 0 Å². The number of amides is 1. The van der Waals surface area contributed by atoms with Crippen molar-refractivity contribution in [3.8, 4) is 0 Å². The summed E-state index contributed by atoms with van der Waals surface area (Å²) in [5.74, 6) is -0.581. The molecule has 26 heavy (non-hydrogen) atoms. The first-order valence-corrected chi connectivity index (χ1v) is 9.06. The highest BCUT2D eigenvalue weighted by Crippen LogP contribution is 2.57. The van der Waals surface area contributed by atoms with Gasteiger partial charge in [-0.05, 0) is 44.6 Å². The molecule has 0 radical (unpaired) electrons. The zero-order chi connectivity index (χ0) is 18.5. The Morgan fingerprint density at radius 3 is 2.69 bits per heavy atom. The normalized spacial score (nSPS) is 31.5. The van der Waals surface area contributed by atoms with Crippen molar-refractivity contribution in [3.05, 3.63) is 29.6 Å². The molecule has 1 aliphatic carbocycles. The largest absolute Gasteiger partial charge is 0.465 e. The second-order valence-corrected chi connectivity index (χ2v) is 7.78. The summed E-state index contributed by atoms with van der Waals surface area (Å²) in [6.45, 7) is 3.49. The smallest absolute Gasteiger partial charge is 0.408 e. The number of carboxylic acid groups (broad SMARTS) is 1. The molecule has 7 nitrogen and oxygen atoms in total.